The Morgan fingerprint density at radius 2 is 1.19 bits per heavy atom. The number of rotatable bonds is 18. The SMILES string of the molecule is CCCCCCCCCCCCNC(=O)[C@@H](N)Cc1cn(C(c2ccccc2)(c2ccccc2)c2ccccc2)cn1. The third-order valence-electron chi connectivity index (χ3n) is 8.19. The standard InChI is InChI=1S/C37H48N4O/c1-2-3-4-5-6-7-8-9-10-20-27-39-36(42)35(38)28-34-29-41(30-40-34)37(31-21-14-11-15-22-31,32-23-16-12-17-24-32)33-25-18-13-19-26-33/h11-19,21-26,29-30,35H,2-10,20,27-28,38H2,1H3,(H,39,42)/t35-/m0/s1. The van der Waals surface area contributed by atoms with Crippen LogP contribution in [0.3, 0.4) is 0 Å². The van der Waals surface area contributed by atoms with E-state index in [-0.39, 0.29) is 5.91 Å². The third kappa shape index (κ3) is 8.19. The Bertz CT molecular complexity index is 1210. The summed E-state index contributed by atoms with van der Waals surface area (Å²) < 4.78 is 2.16. The molecule has 0 saturated heterocycles. The number of hydrogen-bond donors (Lipinski definition) is 2. The van der Waals surface area contributed by atoms with Gasteiger partial charge in [-0.05, 0) is 23.1 Å². The molecule has 1 amide bonds. The second-order valence-corrected chi connectivity index (χ2v) is 11.4. The zero-order valence-corrected chi connectivity index (χ0v) is 25.3. The van der Waals surface area contributed by atoms with Crippen LogP contribution in [0.1, 0.15) is 93.5 Å². The maximum Gasteiger partial charge on any atom is 0.237 e. The van der Waals surface area contributed by atoms with Gasteiger partial charge in [-0.1, -0.05) is 156 Å². The Balaban J connectivity index is 1.39. The van der Waals surface area contributed by atoms with Crippen LogP contribution >= 0.6 is 0 Å². The molecule has 5 heteroatoms. The molecule has 222 valence electrons. The van der Waals surface area contributed by atoms with Gasteiger partial charge in [0.25, 0.3) is 0 Å². The van der Waals surface area contributed by atoms with Crippen molar-refractivity contribution in [3.8, 4) is 0 Å². The van der Waals surface area contributed by atoms with E-state index >= 15 is 0 Å². The highest BCUT2D eigenvalue weighted by atomic mass is 16.2. The Hall–Kier alpha value is -3.70. The van der Waals surface area contributed by atoms with Crippen molar-refractivity contribution in [1.82, 2.24) is 14.9 Å². The topological polar surface area (TPSA) is 72.9 Å². The van der Waals surface area contributed by atoms with Crippen molar-refractivity contribution in [2.24, 2.45) is 5.73 Å². The first-order chi connectivity index (χ1) is 20.7. The number of nitrogens with zero attached hydrogens (tertiary/aromatic N) is 2. The lowest BCUT2D eigenvalue weighted by Crippen LogP contribution is -2.42. The number of aromatic nitrogens is 2. The first-order valence-corrected chi connectivity index (χ1v) is 15.9. The maximum atomic E-state index is 12.8. The van der Waals surface area contributed by atoms with E-state index in [1.807, 2.05) is 30.7 Å². The first kappa shape index (κ1) is 31.2. The van der Waals surface area contributed by atoms with Crippen molar-refractivity contribution in [2.45, 2.75) is 89.1 Å². The second kappa shape index (κ2) is 16.7. The Morgan fingerprint density at radius 1 is 0.738 bits per heavy atom. The van der Waals surface area contributed by atoms with Crippen LogP contribution in [-0.4, -0.2) is 28.0 Å². The zero-order valence-electron chi connectivity index (χ0n) is 25.3. The molecule has 4 rings (SSSR count). The van der Waals surface area contributed by atoms with E-state index < -0.39 is 11.6 Å². The molecule has 0 fully saturated rings. The molecule has 1 heterocycles. The average molecular weight is 565 g/mol. The van der Waals surface area contributed by atoms with Gasteiger partial charge in [0.1, 0.15) is 5.54 Å². The van der Waals surface area contributed by atoms with Crippen LogP contribution in [-0.2, 0) is 16.8 Å². The minimum atomic E-state index is -0.643. The number of nitrogens with one attached hydrogen (secondary N) is 1. The molecule has 0 radical (unpaired) electrons. The molecular weight excluding hydrogens is 516 g/mol. The number of unbranched alkanes of at least 4 members (excludes halogenated alkanes) is 9. The largest absolute Gasteiger partial charge is 0.355 e. The molecule has 5 nitrogen and oxygen atoms in total. The Morgan fingerprint density at radius 3 is 1.67 bits per heavy atom. The summed E-state index contributed by atoms with van der Waals surface area (Å²) in [5.41, 5.74) is 9.93. The van der Waals surface area contributed by atoms with E-state index in [1.54, 1.807) is 0 Å². The van der Waals surface area contributed by atoms with E-state index in [2.05, 4.69) is 89.6 Å². The fourth-order valence-electron chi connectivity index (χ4n) is 5.91. The van der Waals surface area contributed by atoms with E-state index in [1.165, 1.54) is 51.4 Å². The first-order valence-electron chi connectivity index (χ1n) is 15.9. The van der Waals surface area contributed by atoms with Crippen molar-refractivity contribution in [1.29, 1.82) is 0 Å². The number of imidazole rings is 1. The number of nitrogens with two attached hydrogens (primary N) is 1. The van der Waals surface area contributed by atoms with Gasteiger partial charge in [0.15, 0.2) is 0 Å². The summed E-state index contributed by atoms with van der Waals surface area (Å²) >= 11 is 0. The monoisotopic (exact) mass is 564 g/mol. The van der Waals surface area contributed by atoms with Gasteiger partial charge < -0.3 is 15.6 Å². The lowest BCUT2D eigenvalue weighted by Gasteiger charge is -2.37. The van der Waals surface area contributed by atoms with Crippen molar-refractivity contribution in [3.05, 3.63) is 126 Å². The van der Waals surface area contributed by atoms with Gasteiger partial charge in [0.2, 0.25) is 5.91 Å². The van der Waals surface area contributed by atoms with Crippen LogP contribution in [0.2, 0.25) is 0 Å². The zero-order chi connectivity index (χ0) is 29.5. The van der Waals surface area contributed by atoms with Gasteiger partial charge >= 0.3 is 0 Å². The molecular formula is C37H48N4O. The molecule has 3 aromatic carbocycles. The van der Waals surface area contributed by atoms with E-state index in [0.29, 0.717) is 13.0 Å². The molecule has 1 atom stereocenters. The summed E-state index contributed by atoms with van der Waals surface area (Å²) in [6.07, 6.45) is 17.0. The van der Waals surface area contributed by atoms with Crippen molar-refractivity contribution >= 4 is 5.91 Å². The summed E-state index contributed by atoms with van der Waals surface area (Å²) in [5.74, 6) is -0.110. The highest BCUT2D eigenvalue weighted by Crippen LogP contribution is 2.40. The van der Waals surface area contributed by atoms with Crippen LogP contribution in [0.15, 0.2) is 104 Å². The Labute approximate surface area is 252 Å². The predicted octanol–water partition coefficient (Wildman–Crippen LogP) is 7.63. The number of amides is 1. The average Bonchev–Trinajstić information content (AvgIpc) is 3.50. The summed E-state index contributed by atoms with van der Waals surface area (Å²) in [5, 5.41) is 3.04. The van der Waals surface area contributed by atoms with Gasteiger partial charge in [0, 0.05) is 19.2 Å². The Kier molecular flexibility index (Phi) is 12.4. The van der Waals surface area contributed by atoms with Crippen molar-refractivity contribution in [3.63, 3.8) is 0 Å². The minimum Gasteiger partial charge on any atom is -0.355 e. The third-order valence-corrected chi connectivity index (χ3v) is 8.19. The molecule has 4 aromatic rings. The normalized spacial score (nSPS) is 12.2. The van der Waals surface area contributed by atoms with Gasteiger partial charge in [-0.15, -0.1) is 0 Å². The summed E-state index contributed by atoms with van der Waals surface area (Å²) in [6, 6.07) is 30.9. The van der Waals surface area contributed by atoms with Crippen LogP contribution < -0.4 is 11.1 Å². The summed E-state index contributed by atoms with van der Waals surface area (Å²) in [7, 11) is 0. The molecule has 1 aromatic heterocycles. The fourth-order valence-corrected chi connectivity index (χ4v) is 5.91. The molecule has 0 aliphatic rings. The molecule has 0 aliphatic heterocycles. The number of carbonyl (C=O) groups is 1. The van der Waals surface area contributed by atoms with Crippen LogP contribution in [0, 0.1) is 0 Å². The highest BCUT2D eigenvalue weighted by molar-refractivity contribution is 5.81. The molecule has 0 spiro atoms. The van der Waals surface area contributed by atoms with Crippen molar-refractivity contribution in [2.75, 3.05) is 6.54 Å². The van der Waals surface area contributed by atoms with Gasteiger partial charge in [-0.25, -0.2) is 4.98 Å². The quantitative estimate of drug-likeness (QED) is 0.0964. The van der Waals surface area contributed by atoms with Gasteiger partial charge in [-0.3, -0.25) is 4.79 Å². The molecule has 0 bridgehead atoms. The number of benzene rings is 3. The highest BCUT2D eigenvalue weighted by Gasteiger charge is 2.38. The summed E-state index contributed by atoms with van der Waals surface area (Å²) in [4.78, 5) is 17.6. The van der Waals surface area contributed by atoms with Crippen LogP contribution in [0.25, 0.3) is 0 Å². The number of hydrogen-bond acceptors (Lipinski definition) is 3. The van der Waals surface area contributed by atoms with E-state index in [4.69, 9.17) is 10.7 Å². The lowest BCUT2D eigenvalue weighted by atomic mass is 9.77. The molecule has 0 unspecified atom stereocenters. The molecule has 3 N–H and O–H groups in total. The minimum absolute atomic E-state index is 0.110. The van der Waals surface area contributed by atoms with E-state index in [9.17, 15) is 4.79 Å². The van der Waals surface area contributed by atoms with Crippen molar-refractivity contribution < 1.29 is 4.79 Å². The molecule has 0 aliphatic carbocycles. The second-order valence-electron chi connectivity index (χ2n) is 11.4. The molecule has 42 heavy (non-hydrogen) atoms. The lowest BCUT2D eigenvalue weighted by molar-refractivity contribution is -0.122. The number of carbonyl (C=O) groups excluding carboxylic acids is 1. The van der Waals surface area contributed by atoms with Gasteiger partial charge in [-0.2, -0.15) is 0 Å². The fraction of sp³-hybridized carbons (Fsp3) is 0.405. The van der Waals surface area contributed by atoms with Crippen LogP contribution in [0.5, 0.6) is 0 Å². The van der Waals surface area contributed by atoms with Crippen LogP contribution in [0.4, 0.5) is 0 Å². The van der Waals surface area contributed by atoms with Gasteiger partial charge in [0.05, 0.1) is 18.1 Å². The smallest absolute Gasteiger partial charge is 0.237 e. The maximum absolute atomic E-state index is 12.8. The molecule has 0 saturated carbocycles. The predicted molar refractivity (Wildman–Crippen MR) is 173 cm³/mol. The van der Waals surface area contributed by atoms with E-state index in [0.717, 1.165) is 35.2 Å². The summed E-state index contributed by atoms with van der Waals surface area (Å²) in [6.45, 7) is 2.94.